The maximum absolute atomic E-state index is 10.7. The zero-order valence-electron chi connectivity index (χ0n) is 11.2. The normalized spacial score (nSPS) is 11.2. The largest absolute Gasteiger partial charge is 0.488 e. The molecule has 0 aliphatic rings. The molecule has 2 rings (SSSR count). The van der Waals surface area contributed by atoms with E-state index in [-0.39, 0.29) is 5.70 Å². The van der Waals surface area contributed by atoms with Crippen LogP contribution in [0, 0.1) is 10.1 Å². The number of hydrogen-bond acceptors (Lipinski definition) is 3. The predicted molar refractivity (Wildman–Crippen MR) is 77.9 cm³/mol. The lowest BCUT2D eigenvalue weighted by Gasteiger charge is -2.09. The molecule has 0 amide bonds. The summed E-state index contributed by atoms with van der Waals surface area (Å²) in [5, 5.41) is 10.7. The van der Waals surface area contributed by atoms with Crippen molar-refractivity contribution in [3.05, 3.63) is 81.5 Å². The lowest BCUT2D eigenvalue weighted by Crippen LogP contribution is -1.98. The summed E-state index contributed by atoms with van der Waals surface area (Å²) in [5.41, 5.74) is 1.84. The fraction of sp³-hybridized carbons (Fsp3) is 0.125. The molecule has 0 aliphatic carbocycles. The van der Waals surface area contributed by atoms with Gasteiger partial charge in [-0.15, -0.1) is 0 Å². The Labute approximate surface area is 117 Å². The molecule has 0 atom stereocenters. The highest BCUT2D eigenvalue weighted by Crippen LogP contribution is 2.22. The van der Waals surface area contributed by atoms with Crippen LogP contribution in [0.1, 0.15) is 18.1 Å². The first-order valence-corrected chi connectivity index (χ1v) is 6.25. The number of ether oxygens (including phenoxy) is 1. The fourth-order valence-electron chi connectivity index (χ4n) is 1.74. The van der Waals surface area contributed by atoms with Crippen molar-refractivity contribution in [1.29, 1.82) is 0 Å². The summed E-state index contributed by atoms with van der Waals surface area (Å²) >= 11 is 0. The van der Waals surface area contributed by atoms with Crippen LogP contribution in [0.2, 0.25) is 0 Å². The fourth-order valence-corrected chi connectivity index (χ4v) is 1.74. The Morgan fingerprint density at radius 2 is 1.80 bits per heavy atom. The molecule has 20 heavy (non-hydrogen) atoms. The number of nitro groups is 1. The van der Waals surface area contributed by atoms with Crippen molar-refractivity contribution in [2.45, 2.75) is 13.5 Å². The van der Waals surface area contributed by atoms with Crippen LogP contribution in [0.15, 0.2) is 60.3 Å². The number of benzene rings is 2. The van der Waals surface area contributed by atoms with E-state index in [1.54, 1.807) is 6.07 Å². The smallest absolute Gasteiger partial charge is 0.243 e. The van der Waals surface area contributed by atoms with Crippen LogP contribution >= 0.6 is 0 Å². The maximum atomic E-state index is 10.7. The van der Waals surface area contributed by atoms with Crippen LogP contribution in [-0.4, -0.2) is 4.92 Å². The van der Waals surface area contributed by atoms with Crippen LogP contribution in [0.3, 0.4) is 0 Å². The lowest BCUT2D eigenvalue weighted by molar-refractivity contribution is -0.422. The van der Waals surface area contributed by atoms with Gasteiger partial charge in [-0.2, -0.15) is 0 Å². The van der Waals surface area contributed by atoms with Crippen molar-refractivity contribution in [3.8, 4) is 5.75 Å². The van der Waals surface area contributed by atoms with Crippen LogP contribution in [-0.2, 0) is 6.61 Å². The second-order valence-electron chi connectivity index (χ2n) is 4.35. The quantitative estimate of drug-likeness (QED) is 0.611. The van der Waals surface area contributed by atoms with Gasteiger partial charge in [-0.25, -0.2) is 0 Å². The van der Waals surface area contributed by atoms with Gasteiger partial charge >= 0.3 is 0 Å². The third-order valence-corrected chi connectivity index (χ3v) is 2.81. The SMILES string of the molecule is C/C(=C\c1ccccc1OCc1ccccc1)[N+](=O)[O-]. The second kappa shape index (κ2) is 6.52. The Morgan fingerprint density at radius 3 is 2.50 bits per heavy atom. The van der Waals surface area contributed by atoms with Gasteiger partial charge in [0.05, 0.1) is 4.92 Å². The topological polar surface area (TPSA) is 52.4 Å². The molecule has 0 spiro atoms. The number of para-hydroxylation sites is 1. The molecule has 0 saturated heterocycles. The van der Waals surface area contributed by atoms with Crippen molar-refractivity contribution in [2.24, 2.45) is 0 Å². The van der Waals surface area contributed by atoms with E-state index in [1.165, 1.54) is 13.0 Å². The number of rotatable bonds is 5. The summed E-state index contributed by atoms with van der Waals surface area (Å²) < 4.78 is 5.74. The minimum Gasteiger partial charge on any atom is -0.488 e. The minimum atomic E-state index is -0.409. The van der Waals surface area contributed by atoms with E-state index in [1.807, 2.05) is 48.5 Å². The van der Waals surface area contributed by atoms with Crippen LogP contribution in [0.25, 0.3) is 6.08 Å². The molecule has 2 aromatic rings. The predicted octanol–water partition coefficient (Wildman–Crippen LogP) is 3.90. The molecule has 4 nitrogen and oxygen atoms in total. The average Bonchev–Trinajstić information content (AvgIpc) is 2.47. The second-order valence-corrected chi connectivity index (χ2v) is 4.35. The summed E-state index contributed by atoms with van der Waals surface area (Å²) in [7, 11) is 0. The molecule has 0 aliphatic heterocycles. The molecule has 102 valence electrons. The molecule has 0 aromatic heterocycles. The van der Waals surface area contributed by atoms with Crippen molar-refractivity contribution in [3.63, 3.8) is 0 Å². The van der Waals surface area contributed by atoms with E-state index in [0.717, 1.165) is 5.56 Å². The van der Waals surface area contributed by atoms with E-state index in [9.17, 15) is 10.1 Å². The van der Waals surface area contributed by atoms with Gasteiger partial charge in [-0.3, -0.25) is 10.1 Å². The summed E-state index contributed by atoms with van der Waals surface area (Å²) in [6, 6.07) is 17.1. The van der Waals surface area contributed by atoms with Gasteiger partial charge in [-0.05, 0) is 11.6 Å². The molecule has 0 N–H and O–H groups in total. The molecule has 0 saturated carbocycles. The van der Waals surface area contributed by atoms with Gasteiger partial charge < -0.3 is 4.74 Å². The third-order valence-electron chi connectivity index (χ3n) is 2.81. The van der Waals surface area contributed by atoms with Crippen molar-refractivity contribution < 1.29 is 9.66 Å². The third kappa shape index (κ3) is 3.68. The van der Waals surface area contributed by atoms with Crippen molar-refractivity contribution in [2.75, 3.05) is 0 Å². The summed E-state index contributed by atoms with van der Waals surface area (Å²) in [4.78, 5) is 10.3. The first-order valence-electron chi connectivity index (χ1n) is 6.25. The highest BCUT2D eigenvalue weighted by Gasteiger charge is 2.06. The molecule has 0 fully saturated rings. The van der Waals surface area contributed by atoms with E-state index < -0.39 is 4.92 Å². The number of nitrogens with zero attached hydrogens (tertiary/aromatic N) is 1. The van der Waals surface area contributed by atoms with E-state index in [0.29, 0.717) is 17.9 Å². The molecule has 0 heterocycles. The molecular weight excluding hydrogens is 254 g/mol. The average molecular weight is 269 g/mol. The number of allylic oxidation sites excluding steroid dienone is 1. The van der Waals surface area contributed by atoms with Crippen LogP contribution < -0.4 is 4.74 Å². The molecule has 4 heteroatoms. The van der Waals surface area contributed by atoms with Crippen molar-refractivity contribution >= 4 is 6.08 Å². The summed E-state index contributed by atoms with van der Waals surface area (Å²) in [5.74, 6) is 0.637. The Bertz CT molecular complexity index is 621. The Kier molecular flexibility index (Phi) is 4.50. The van der Waals surface area contributed by atoms with Gasteiger partial charge in [0.2, 0.25) is 5.70 Å². The zero-order chi connectivity index (χ0) is 14.4. The monoisotopic (exact) mass is 269 g/mol. The Balaban J connectivity index is 2.16. The minimum absolute atomic E-state index is 0.0840. The maximum Gasteiger partial charge on any atom is 0.243 e. The summed E-state index contributed by atoms with van der Waals surface area (Å²) in [6.07, 6.45) is 1.51. The molecular formula is C16H15NO3. The first-order chi connectivity index (χ1) is 9.66. The van der Waals surface area contributed by atoms with Gasteiger partial charge in [0.15, 0.2) is 0 Å². The van der Waals surface area contributed by atoms with E-state index >= 15 is 0 Å². The highest BCUT2D eigenvalue weighted by molar-refractivity contribution is 5.58. The van der Waals surface area contributed by atoms with Gasteiger partial charge in [0.25, 0.3) is 0 Å². The summed E-state index contributed by atoms with van der Waals surface area (Å²) in [6.45, 7) is 1.90. The molecule has 2 aromatic carbocycles. The molecule has 0 unspecified atom stereocenters. The lowest BCUT2D eigenvalue weighted by atomic mass is 10.1. The van der Waals surface area contributed by atoms with Crippen molar-refractivity contribution in [1.82, 2.24) is 0 Å². The van der Waals surface area contributed by atoms with E-state index in [2.05, 4.69) is 0 Å². The first kappa shape index (κ1) is 13.8. The van der Waals surface area contributed by atoms with Gasteiger partial charge in [0.1, 0.15) is 12.4 Å². The molecule has 0 bridgehead atoms. The standard InChI is InChI=1S/C16H15NO3/c1-13(17(18)19)11-15-9-5-6-10-16(15)20-12-14-7-3-2-4-8-14/h2-11H,12H2,1H3/b13-11+. The highest BCUT2D eigenvalue weighted by atomic mass is 16.6. The Hall–Kier alpha value is -2.62. The number of hydrogen-bond donors (Lipinski definition) is 0. The van der Waals surface area contributed by atoms with E-state index in [4.69, 9.17) is 4.74 Å². The molecule has 0 radical (unpaired) electrons. The Morgan fingerprint density at radius 1 is 1.15 bits per heavy atom. The van der Waals surface area contributed by atoms with Crippen LogP contribution in [0.5, 0.6) is 5.75 Å². The van der Waals surface area contributed by atoms with Gasteiger partial charge in [0, 0.05) is 18.6 Å². The van der Waals surface area contributed by atoms with Crippen LogP contribution in [0.4, 0.5) is 0 Å². The van der Waals surface area contributed by atoms with Gasteiger partial charge in [-0.1, -0.05) is 48.5 Å². The zero-order valence-corrected chi connectivity index (χ0v) is 11.2.